The van der Waals surface area contributed by atoms with Gasteiger partial charge in [0.05, 0.1) is 7.11 Å². The minimum atomic E-state index is 0.279. The van der Waals surface area contributed by atoms with Gasteiger partial charge in [-0.3, -0.25) is 0 Å². The van der Waals surface area contributed by atoms with Crippen LogP contribution < -0.4 is 10.1 Å². The molecule has 0 aliphatic rings. The van der Waals surface area contributed by atoms with Crippen LogP contribution in [0.2, 0.25) is 0 Å². The van der Waals surface area contributed by atoms with Gasteiger partial charge in [-0.15, -0.1) is 0 Å². The smallest absolute Gasteiger partial charge is 0.121 e. The van der Waals surface area contributed by atoms with E-state index in [1.165, 1.54) is 16.7 Å². The molecule has 0 amide bonds. The molecule has 2 aromatic carbocycles. The van der Waals surface area contributed by atoms with Crippen molar-refractivity contribution >= 4 is 5.69 Å². The molecule has 0 saturated heterocycles. The highest BCUT2D eigenvalue weighted by molar-refractivity contribution is 5.52. The highest BCUT2D eigenvalue weighted by Crippen LogP contribution is 2.25. The fourth-order valence-electron chi connectivity index (χ4n) is 2.56. The fourth-order valence-corrected chi connectivity index (χ4v) is 2.56. The molecule has 0 aliphatic carbocycles. The molecule has 0 aromatic heterocycles. The molecule has 2 aromatic rings. The molecule has 0 radical (unpaired) electrons. The summed E-state index contributed by atoms with van der Waals surface area (Å²) >= 11 is 0. The quantitative estimate of drug-likeness (QED) is 0.861. The molecule has 2 rings (SSSR count). The van der Waals surface area contributed by atoms with E-state index >= 15 is 0 Å². The van der Waals surface area contributed by atoms with E-state index in [1.807, 2.05) is 6.07 Å². The number of benzene rings is 2. The molecule has 0 aliphatic heterocycles. The Hall–Kier alpha value is -1.96. The lowest BCUT2D eigenvalue weighted by Gasteiger charge is -2.18. The predicted molar refractivity (Wildman–Crippen MR) is 85.7 cm³/mol. The lowest BCUT2D eigenvalue weighted by molar-refractivity contribution is 0.412. The van der Waals surface area contributed by atoms with Crippen LogP contribution in [-0.4, -0.2) is 7.11 Å². The molecule has 2 heteroatoms. The number of anilines is 1. The van der Waals surface area contributed by atoms with Gasteiger partial charge in [-0.2, -0.15) is 0 Å². The maximum Gasteiger partial charge on any atom is 0.121 e. The summed E-state index contributed by atoms with van der Waals surface area (Å²) in [5.41, 5.74) is 6.19. The topological polar surface area (TPSA) is 21.3 Å². The number of rotatable bonds is 4. The second-order valence-electron chi connectivity index (χ2n) is 5.47. The monoisotopic (exact) mass is 269 g/mol. The van der Waals surface area contributed by atoms with Crippen LogP contribution in [0.25, 0.3) is 0 Å². The van der Waals surface area contributed by atoms with Crippen molar-refractivity contribution in [2.45, 2.75) is 33.7 Å². The number of hydrogen-bond donors (Lipinski definition) is 1. The van der Waals surface area contributed by atoms with Crippen LogP contribution in [0.15, 0.2) is 36.4 Å². The highest BCUT2D eigenvalue weighted by atomic mass is 16.5. The van der Waals surface area contributed by atoms with Gasteiger partial charge >= 0.3 is 0 Å². The van der Waals surface area contributed by atoms with Gasteiger partial charge in [0.2, 0.25) is 0 Å². The molecule has 106 valence electrons. The Labute approximate surface area is 121 Å². The average Bonchev–Trinajstić information content (AvgIpc) is 2.37. The molecule has 1 unspecified atom stereocenters. The largest absolute Gasteiger partial charge is 0.496 e. The summed E-state index contributed by atoms with van der Waals surface area (Å²) in [6.07, 6.45) is 0. The van der Waals surface area contributed by atoms with Crippen LogP contribution >= 0.6 is 0 Å². The molecule has 0 saturated carbocycles. The van der Waals surface area contributed by atoms with Crippen LogP contribution in [-0.2, 0) is 0 Å². The van der Waals surface area contributed by atoms with E-state index in [4.69, 9.17) is 4.74 Å². The van der Waals surface area contributed by atoms with Crippen LogP contribution in [0.3, 0.4) is 0 Å². The van der Waals surface area contributed by atoms with Crippen molar-refractivity contribution in [2.75, 3.05) is 12.4 Å². The van der Waals surface area contributed by atoms with E-state index in [0.29, 0.717) is 0 Å². The van der Waals surface area contributed by atoms with Gasteiger partial charge < -0.3 is 10.1 Å². The van der Waals surface area contributed by atoms with Gasteiger partial charge in [0.1, 0.15) is 5.75 Å². The molecule has 20 heavy (non-hydrogen) atoms. The molecular formula is C18H23NO. The summed E-state index contributed by atoms with van der Waals surface area (Å²) < 4.78 is 5.29. The zero-order valence-electron chi connectivity index (χ0n) is 12.9. The molecule has 1 atom stereocenters. The summed E-state index contributed by atoms with van der Waals surface area (Å²) in [7, 11) is 1.70. The first kappa shape index (κ1) is 14.4. The maximum atomic E-state index is 5.29. The van der Waals surface area contributed by atoms with E-state index in [0.717, 1.165) is 17.0 Å². The lowest BCUT2D eigenvalue weighted by atomic mass is 10.0. The maximum absolute atomic E-state index is 5.29. The van der Waals surface area contributed by atoms with Crippen molar-refractivity contribution in [2.24, 2.45) is 0 Å². The second-order valence-corrected chi connectivity index (χ2v) is 5.47. The van der Waals surface area contributed by atoms with Crippen LogP contribution in [0.4, 0.5) is 5.69 Å². The minimum absolute atomic E-state index is 0.279. The number of hydrogen-bond acceptors (Lipinski definition) is 2. The first-order valence-corrected chi connectivity index (χ1v) is 6.99. The Bertz CT molecular complexity index is 584. The molecule has 2 nitrogen and oxygen atoms in total. The summed E-state index contributed by atoms with van der Waals surface area (Å²) in [6, 6.07) is 13.1. The van der Waals surface area contributed by atoms with Gasteiger partial charge in [-0.25, -0.2) is 0 Å². The number of ether oxygens (including phenoxy) is 1. The summed E-state index contributed by atoms with van der Waals surface area (Å²) in [4.78, 5) is 0. The van der Waals surface area contributed by atoms with Crippen molar-refractivity contribution in [3.8, 4) is 5.75 Å². The van der Waals surface area contributed by atoms with Crippen LogP contribution in [0.1, 0.15) is 35.2 Å². The van der Waals surface area contributed by atoms with E-state index < -0.39 is 0 Å². The first-order valence-electron chi connectivity index (χ1n) is 6.99. The van der Waals surface area contributed by atoms with Crippen molar-refractivity contribution in [1.29, 1.82) is 0 Å². The Morgan fingerprint density at radius 2 is 1.60 bits per heavy atom. The first-order chi connectivity index (χ1) is 9.49. The predicted octanol–water partition coefficient (Wildman–Crippen LogP) is 4.79. The normalized spacial score (nSPS) is 12.1. The number of aryl methyl sites for hydroxylation is 3. The third-order valence-electron chi connectivity index (χ3n) is 3.52. The Morgan fingerprint density at radius 3 is 2.15 bits per heavy atom. The van der Waals surface area contributed by atoms with Gasteiger partial charge in [-0.05, 0) is 57.0 Å². The standard InChI is InChI=1S/C18H23NO/c1-12-8-13(2)10-16(9-12)15(4)19-17-6-7-18(20-5)14(3)11-17/h6-11,15,19H,1-5H3. The van der Waals surface area contributed by atoms with Gasteiger partial charge in [0.25, 0.3) is 0 Å². The molecular weight excluding hydrogens is 246 g/mol. The Kier molecular flexibility index (Phi) is 4.33. The Balaban J connectivity index is 2.18. The number of nitrogens with one attached hydrogen (secondary N) is 1. The summed E-state index contributed by atoms with van der Waals surface area (Å²) in [5.74, 6) is 0.926. The zero-order chi connectivity index (χ0) is 14.7. The lowest BCUT2D eigenvalue weighted by Crippen LogP contribution is -2.07. The fraction of sp³-hybridized carbons (Fsp3) is 0.333. The molecule has 0 spiro atoms. The summed E-state index contributed by atoms with van der Waals surface area (Å²) in [6.45, 7) is 8.53. The third kappa shape index (κ3) is 3.32. The van der Waals surface area contributed by atoms with Crippen LogP contribution in [0, 0.1) is 20.8 Å². The van der Waals surface area contributed by atoms with Crippen molar-refractivity contribution in [3.05, 3.63) is 58.7 Å². The molecule has 1 N–H and O–H groups in total. The van der Waals surface area contributed by atoms with Gasteiger partial charge in [0, 0.05) is 11.7 Å². The average molecular weight is 269 g/mol. The van der Waals surface area contributed by atoms with Crippen LogP contribution in [0.5, 0.6) is 5.75 Å². The molecule has 0 fully saturated rings. The zero-order valence-corrected chi connectivity index (χ0v) is 12.9. The summed E-state index contributed by atoms with van der Waals surface area (Å²) in [5, 5.41) is 3.55. The number of methoxy groups -OCH3 is 1. The van der Waals surface area contributed by atoms with E-state index in [1.54, 1.807) is 7.11 Å². The molecule has 0 bridgehead atoms. The van der Waals surface area contributed by atoms with Gasteiger partial charge in [-0.1, -0.05) is 29.3 Å². The van der Waals surface area contributed by atoms with Gasteiger partial charge in [0.15, 0.2) is 0 Å². The van der Waals surface area contributed by atoms with Crippen molar-refractivity contribution in [3.63, 3.8) is 0 Å². The van der Waals surface area contributed by atoms with Crippen molar-refractivity contribution < 1.29 is 4.74 Å². The van der Waals surface area contributed by atoms with E-state index in [-0.39, 0.29) is 6.04 Å². The third-order valence-corrected chi connectivity index (χ3v) is 3.52. The highest BCUT2D eigenvalue weighted by Gasteiger charge is 2.07. The SMILES string of the molecule is COc1ccc(NC(C)c2cc(C)cc(C)c2)cc1C. The van der Waals surface area contributed by atoms with E-state index in [9.17, 15) is 0 Å². The second kappa shape index (κ2) is 6.00. The minimum Gasteiger partial charge on any atom is -0.496 e. The van der Waals surface area contributed by atoms with Crippen molar-refractivity contribution in [1.82, 2.24) is 0 Å². The Morgan fingerprint density at radius 1 is 0.950 bits per heavy atom. The molecule has 0 heterocycles. The van der Waals surface area contributed by atoms with E-state index in [2.05, 4.69) is 63.3 Å².